The molecule has 0 saturated carbocycles. The highest BCUT2D eigenvalue weighted by Crippen LogP contribution is 2.09. The molecule has 0 N–H and O–H groups in total. The summed E-state index contributed by atoms with van der Waals surface area (Å²) in [6.07, 6.45) is 7.50. The Hall–Kier alpha value is -1.38. The van der Waals surface area contributed by atoms with E-state index in [9.17, 15) is 0 Å². The van der Waals surface area contributed by atoms with Crippen molar-refractivity contribution in [1.29, 1.82) is 0 Å². The SMILES string of the molecule is CC.CC.CC1=CN2C=CN=CC2=NC1. The maximum Gasteiger partial charge on any atom is 0.150 e. The first-order valence-corrected chi connectivity index (χ1v) is 5.56. The number of amidine groups is 1. The molecule has 0 spiro atoms. The molecule has 84 valence electrons. The largest absolute Gasteiger partial charge is 0.306 e. The predicted molar refractivity (Wildman–Crippen MR) is 68.2 cm³/mol. The van der Waals surface area contributed by atoms with Crippen molar-refractivity contribution in [1.82, 2.24) is 4.90 Å². The molecule has 0 atom stereocenters. The summed E-state index contributed by atoms with van der Waals surface area (Å²) >= 11 is 0. The van der Waals surface area contributed by atoms with E-state index in [1.807, 2.05) is 38.8 Å². The van der Waals surface area contributed by atoms with Crippen LogP contribution in [0.25, 0.3) is 0 Å². The highest BCUT2D eigenvalue weighted by molar-refractivity contribution is 6.30. The summed E-state index contributed by atoms with van der Waals surface area (Å²) in [5.41, 5.74) is 1.27. The molecule has 0 radical (unpaired) electrons. The molecule has 0 bridgehead atoms. The first-order chi connectivity index (χ1) is 7.36. The van der Waals surface area contributed by atoms with Gasteiger partial charge >= 0.3 is 0 Å². The number of hydrogen-bond acceptors (Lipinski definition) is 3. The Morgan fingerprint density at radius 3 is 2.53 bits per heavy atom. The minimum Gasteiger partial charge on any atom is -0.306 e. The van der Waals surface area contributed by atoms with Crippen molar-refractivity contribution >= 4 is 12.1 Å². The lowest BCUT2D eigenvalue weighted by atomic mass is 10.3. The van der Waals surface area contributed by atoms with Gasteiger partial charge in [0.15, 0.2) is 5.84 Å². The first-order valence-electron chi connectivity index (χ1n) is 5.56. The lowest BCUT2D eigenvalue weighted by Crippen LogP contribution is -2.27. The summed E-state index contributed by atoms with van der Waals surface area (Å²) in [5, 5.41) is 0. The third-order valence-electron chi connectivity index (χ3n) is 1.62. The molecule has 15 heavy (non-hydrogen) atoms. The molecule has 3 heteroatoms. The fourth-order valence-electron chi connectivity index (χ4n) is 1.08. The van der Waals surface area contributed by atoms with Crippen LogP contribution in [0.1, 0.15) is 34.6 Å². The van der Waals surface area contributed by atoms with Crippen molar-refractivity contribution in [3.8, 4) is 0 Å². The molecule has 0 aromatic carbocycles. The Labute approximate surface area is 92.9 Å². The van der Waals surface area contributed by atoms with Crippen LogP contribution in [0, 0.1) is 0 Å². The highest BCUT2D eigenvalue weighted by Gasteiger charge is 2.10. The number of nitrogens with zero attached hydrogens (tertiary/aromatic N) is 3. The summed E-state index contributed by atoms with van der Waals surface area (Å²) < 4.78 is 0. The molecule has 0 saturated heterocycles. The van der Waals surface area contributed by atoms with Crippen LogP contribution < -0.4 is 0 Å². The summed E-state index contributed by atoms with van der Waals surface area (Å²) in [5.74, 6) is 0.929. The van der Waals surface area contributed by atoms with Crippen LogP contribution in [0.5, 0.6) is 0 Å². The molecule has 3 nitrogen and oxygen atoms in total. The molecule has 0 fully saturated rings. The van der Waals surface area contributed by atoms with Gasteiger partial charge in [0, 0.05) is 18.6 Å². The molecule has 2 aliphatic rings. The number of rotatable bonds is 0. The van der Waals surface area contributed by atoms with Gasteiger partial charge in [-0.2, -0.15) is 0 Å². The summed E-state index contributed by atoms with van der Waals surface area (Å²) in [4.78, 5) is 10.3. The van der Waals surface area contributed by atoms with Gasteiger partial charge in [0.2, 0.25) is 0 Å². The van der Waals surface area contributed by atoms with E-state index in [0.29, 0.717) is 0 Å². The zero-order chi connectivity index (χ0) is 11.7. The van der Waals surface area contributed by atoms with Crippen LogP contribution in [-0.2, 0) is 0 Å². The van der Waals surface area contributed by atoms with E-state index in [-0.39, 0.29) is 0 Å². The average Bonchev–Trinajstić information content (AvgIpc) is 2.34. The number of hydrogen-bond donors (Lipinski definition) is 0. The van der Waals surface area contributed by atoms with E-state index < -0.39 is 0 Å². The number of fused-ring (bicyclic) bond motifs is 1. The van der Waals surface area contributed by atoms with Crippen molar-refractivity contribution in [2.75, 3.05) is 6.54 Å². The predicted octanol–water partition coefficient (Wildman–Crippen LogP) is 3.21. The maximum atomic E-state index is 4.31. The van der Waals surface area contributed by atoms with E-state index in [1.54, 1.807) is 12.4 Å². The summed E-state index contributed by atoms with van der Waals surface area (Å²) in [6, 6.07) is 0. The van der Waals surface area contributed by atoms with Crippen molar-refractivity contribution in [3.63, 3.8) is 0 Å². The molecule has 0 aliphatic carbocycles. The van der Waals surface area contributed by atoms with Crippen molar-refractivity contribution in [3.05, 3.63) is 24.2 Å². The smallest absolute Gasteiger partial charge is 0.150 e. The van der Waals surface area contributed by atoms with Gasteiger partial charge in [0.05, 0.1) is 12.8 Å². The van der Waals surface area contributed by atoms with Crippen molar-refractivity contribution < 1.29 is 0 Å². The molecule has 0 aromatic heterocycles. The van der Waals surface area contributed by atoms with Crippen LogP contribution in [0.3, 0.4) is 0 Å². The minimum absolute atomic E-state index is 0.797. The van der Waals surface area contributed by atoms with E-state index in [2.05, 4.69) is 23.1 Å². The molecular formula is C12H21N3. The lowest BCUT2D eigenvalue weighted by Gasteiger charge is -2.21. The van der Waals surface area contributed by atoms with Crippen LogP contribution in [0.15, 0.2) is 34.2 Å². The third-order valence-corrected chi connectivity index (χ3v) is 1.62. The number of aliphatic imine (C=N–C) groups is 2. The van der Waals surface area contributed by atoms with Gasteiger partial charge in [-0.1, -0.05) is 27.7 Å². The molecule has 2 rings (SSSR count). The fraction of sp³-hybridized carbons (Fsp3) is 0.500. The lowest BCUT2D eigenvalue weighted by molar-refractivity contribution is 0.723. The quantitative estimate of drug-likeness (QED) is 0.599. The fourth-order valence-corrected chi connectivity index (χ4v) is 1.08. The van der Waals surface area contributed by atoms with Crippen molar-refractivity contribution in [2.45, 2.75) is 34.6 Å². The van der Waals surface area contributed by atoms with Gasteiger partial charge in [-0.05, 0) is 12.5 Å². The molecule has 2 aliphatic heterocycles. The first kappa shape index (κ1) is 13.6. The van der Waals surface area contributed by atoms with Gasteiger partial charge in [-0.25, -0.2) is 0 Å². The molecular weight excluding hydrogens is 186 g/mol. The van der Waals surface area contributed by atoms with Gasteiger partial charge in [0.1, 0.15) is 0 Å². The second-order valence-corrected chi connectivity index (χ2v) is 2.63. The Bertz CT molecular complexity index is 285. The van der Waals surface area contributed by atoms with Crippen LogP contribution in [-0.4, -0.2) is 23.5 Å². The standard InChI is InChI=1S/C8H9N3.2C2H6/c1-7-4-10-8-5-9-2-3-11(8)6-7;2*1-2/h2-3,5-6H,4H2,1H3;2*1-2H3. The monoisotopic (exact) mass is 207 g/mol. The Morgan fingerprint density at radius 1 is 1.20 bits per heavy atom. The minimum atomic E-state index is 0.797. The van der Waals surface area contributed by atoms with Crippen LogP contribution in [0.2, 0.25) is 0 Å². The van der Waals surface area contributed by atoms with Crippen LogP contribution in [0.4, 0.5) is 0 Å². The van der Waals surface area contributed by atoms with E-state index in [1.165, 1.54) is 5.57 Å². The summed E-state index contributed by atoms with van der Waals surface area (Å²) in [6.45, 7) is 10.9. The van der Waals surface area contributed by atoms with Gasteiger partial charge in [-0.3, -0.25) is 9.98 Å². The van der Waals surface area contributed by atoms with Crippen molar-refractivity contribution in [2.24, 2.45) is 9.98 Å². The van der Waals surface area contributed by atoms with E-state index in [0.717, 1.165) is 12.4 Å². The zero-order valence-corrected chi connectivity index (χ0v) is 10.4. The summed E-state index contributed by atoms with van der Waals surface area (Å²) in [7, 11) is 0. The van der Waals surface area contributed by atoms with Gasteiger partial charge in [-0.15, -0.1) is 0 Å². The molecule has 0 unspecified atom stereocenters. The van der Waals surface area contributed by atoms with E-state index >= 15 is 0 Å². The molecule has 2 heterocycles. The van der Waals surface area contributed by atoms with Gasteiger partial charge < -0.3 is 4.90 Å². The zero-order valence-electron chi connectivity index (χ0n) is 10.4. The Morgan fingerprint density at radius 2 is 1.87 bits per heavy atom. The van der Waals surface area contributed by atoms with Crippen LogP contribution >= 0.6 is 0 Å². The Kier molecular flexibility index (Phi) is 7.24. The molecule has 0 amide bonds. The van der Waals surface area contributed by atoms with Gasteiger partial charge in [0.25, 0.3) is 0 Å². The third kappa shape index (κ3) is 4.11. The highest BCUT2D eigenvalue weighted by atomic mass is 15.2. The molecule has 0 aromatic rings. The second kappa shape index (κ2) is 7.97. The van der Waals surface area contributed by atoms with E-state index in [4.69, 9.17) is 0 Å². The Balaban J connectivity index is 0.000000442. The normalized spacial score (nSPS) is 16.2. The average molecular weight is 207 g/mol. The maximum absolute atomic E-state index is 4.31. The second-order valence-electron chi connectivity index (χ2n) is 2.63. The topological polar surface area (TPSA) is 28.0 Å².